The van der Waals surface area contributed by atoms with Crippen LogP contribution in [0.1, 0.15) is 59.1 Å². The Bertz CT molecular complexity index is 2260. The number of carbonyl (C=O) groups excluding carboxylic acids is 4. The summed E-state index contributed by atoms with van der Waals surface area (Å²) in [6, 6.07) is 20.4. The van der Waals surface area contributed by atoms with Gasteiger partial charge in [0.15, 0.2) is 0 Å². The quantitative estimate of drug-likeness (QED) is 0.0924. The fourth-order valence-electron chi connectivity index (χ4n) is 8.11. The summed E-state index contributed by atoms with van der Waals surface area (Å²) in [5.74, 6) is -1.14. The Balaban J connectivity index is 1.30. The number of nitrogens with one attached hydrogen (secondary N) is 4. The Kier molecular flexibility index (Phi) is 12.4. The van der Waals surface area contributed by atoms with Crippen LogP contribution in [0.2, 0.25) is 0 Å². The molecule has 2 aliphatic heterocycles. The van der Waals surface area contributed by atoms with Gasteiger partial charge < -0.3 is 30.6 Å². The molecule has 6 N–H and O–H groups in total. The van der Waals surface area contributed by atoms with Crippen LogP contribution < -0.4 is 21.3 Å². The number of hydrogen-bond acceptors (Lipinski definition) is 6. The van der Waals surface area contributed by atoms with Crippen LogP contribution in [-0.4, -0.2) is 81.0 Å². The summed E-state index contributed by atoms with van der Waals surface area (Å²) < 4.78 is 0. The molecule has 0 bridgehead atoms. The molecule has 14 heteroatoms. The van der Waals surface area contributed by atoms with E-state index in [1.54, 1.807) is 49.6 Å². The van der Waals surface area contributed by atoms with Crippen LogP contribution in [0.4, 0.5) is 32.3 Å². The number of carboxylic acid groups (broad SMARTS) is 2. The minimum atomic E-state index is -1.38. The van der Waals surface area contributed by atoms with E-state index in [2.05, 4.69) is 21.3 Å². The maximum Gasteiger partial charge on any atom is 0.409 e. The predicted molar refractivity (Wildman–Crippen MR) is 221 cm³/mol. The molecule has 2 fully saturated rings. The number of likely N-dealkylation sites (tertiary alicyclic amines) is 2. The zero-order valence-electron chi connectivity index (χ0n) is 33.0. The summed E-state index contributed by atoms with van der Waals surface area (Å²) >= 11 is 0. The van der Waals surface area contributed by atoms with Crippen LogP contribution in [0, 0.1) is 27.7 Å². The van der Waals surface area contributed by atoms with Crippen LogP contribution in [0.25, 0.3) is 11.1 Å². The summed E-state index contributed by atoms with van der Waals surface area (Å²) in [6.45, 7) is 7.68. The number of anilines is 4. The molecule has 2 atom stereocenters. The van der Waals surface area contributed by atoms with E-state index in [-0.39, 0.29) is 36.0 Å². The summed E-state index contributed by atoms with van der Waals surface area (Å²) in [6.07, 6.45) is -0.199. The zero-order chi connectivity index (χ0) is 41.7. The summed E-state index contributed by atoms with van der Waals surface area (Å²) in [5, 5.41) is 30.8. The fourth-order valence-corrected chi connectivity index (χ4v) is 8.11. The van der Waals surface area contributed by atoms with Crippen LogP contribution >= 0.6 is 0 Å². The molecule has 302 valence electrons. The van der Waals surface area contributed by atoms with Crippen LogP contribution in [0.3, 0.4) is 0 Å². The van der Waals surface area contributed by atoms with Gasteiger partial charge in [0.1, 0.15) is 12.1 Å². The monoisotopic (exact) mass is 788 g/mol. The van der Waals surface area contributed by atoms with Gasteiger partial charge in [-0.2, -0.15) is 0 Å². The lowest BCUT2D eigenvalue weighted by molar-refractivity contribution is -0.136. The van der Waals surface area contributed by atoms with Gasteiger partial charge in [0.05, 0.1) is 24.2 Å². The highest BCUT2D eigenvalue weighted by molar-refractivity contribution is 6.07. The molecule has 6 amide bonds. The zero-order valence-corrected chi connectivity index (χ0v) is 33.0. The Labute approximate surface area is 336 Å². The average molecular weight is 789 g/mol. The highest BCUT2D eigenvalue weighted by atomic mass is 16.4. The van der Waals surface area contributed by atoms with Gasteiger partial charge >= 0.3 is 12.2 Å². The van der Waals surface area contributed by atoms with Crippen molar-refractivity contribution in [2.24, 2.45) is 0 Å². The minimum Gasteiger partial charge on any atom is -0.465 e. The molecular formula is C44H48N6O8. The molecule has 2 aliphatic rings. The van der Waals surface area contributed by atoms with Crippen molar-refractivity contribution in [3.8, 4) is 11.1 Å². The van der Waals surface area contributed by atoms with Crippen molar-refractivity contribution >= 4 is 58.6 Å². The molecule has 2 heterocycles. The molecule has 0 radical (unpaired) electrons. The first-order chi connectivity index (χ1) is 27.7. The molecule has 0 spiro atoms. The lowest BCUT2D eigenvalue weighted by atomic mass is 9.88. The summed E-state index contributed by atoms with van der Waals surface area (Å²) in [4.78, 5) is 81.9. The lowest BCUT2D eigenvalue weighted by Crippen LogP contribution is -2.44. The molecular weight excluding hydrogens is 741 g/mol. The number of amides is 6. The van der Waals surface area contributed by atoms with E-state index in [1.165, 1.54) is 0 Å². The predicted octanol–water partition coefficient (Wildman–Crippen LogP) is 7.11. The molecule has 4 aromatic rings. The number of nitrogens with zero attached hydrogens (tertiary/aromatic N) is 2. The standard InChI is InChI=1S/C44H48N6O8/c1-25-26(2)38(46-42(54)34-18-12-22-50(34)36(52)24-30-15-9-6-10-16-30)28(4)40(48-44(57)58)37(25)31-19-20-32(27(3)39(31)47-43(55)56)45-41(53)33-17-11-21-49(33)35(51)23-29-13-7-5-8-14-29/h5-10,13-16,19-20,33-34,47-48H,11-12,17-18,21-24H2,1-4H3,(H,45,53)(H,46,54)(H,55,56)(H,57,58)/t33?,34-/m0/s1. The van der Waals surface area contributed by atoms with Gasteiger partial charge in [-0.05, 0) is 92.8 Å². The summed E-state index contributed by atoms with van der Waals surface area (Å²) in [7, 11) is 0. The second-order valence-corrected chi connectivity index (χ2v) is 14.8. The SMILES string of the molecule is Cc1c(NC(=O)C2CCCN2C(=O)Cc2ccccc2)ccc(-c2c(C)c(C)c(NC(=O)[C@@H]3CCCN3C(=O)Cc3ccccc3)c(C)c2NC(=O)O)c1NC(=O)O. The normalized spacial score (nSPS) is 16.1. The van der Waals surface area contributed by atoms with E-state index < -0.39 is 36.1 Å². The third-order valence-corrected chi connectivity index (χ3v) is 11.2. The topological polar surface area (TPSA) is 197 Å². The van der Waals surface area contributed by atoms with Crippen molar-refractivity contribution < 1.29 is 39.0 Å². The van der Waals surface area contributed by atoms with E-state index in [9.17, 15) is 39.0 Å². The van der Waals surface area contributed by atoms with Crippen LogP contribution in [0.5, 0.6) is 0 Å². The smallest absolute Gasteiger partial charge is 0.409 e. The molecule has 6 rings (SSSR count). The van der Waals surface area contributed by atoms with E-state index in [1.807, 2.05) is 60.7 Å². The maximum absolute atomic E-state index is 13.9. The van der Waals surface area contributed by atoms with E-state index in [0.29, 0.717) is 83.5 Å². The number of benzene rings is 4. The highest BCUT2D eigenvalue weighted by Gasteiger charge is 2.36. The van der Waals surface area contributed by atoms with E-state index in [4.69, 9.17) is 0 Å². The van der Waals surface area contributed by atoms with E-state index >= 15 is 0 Å². The maximum atomic E-state index is 13.9. The third-order valence-electron chi connectivity index (χ3n) is 11.2. The molecule has 58 heavy (non-hydrogen) atoms. The lowest BCUT2D eigenvalue weighted by Gasteiger charge is -2.28. The molecule has 0 saturated carbocycles. The van der Waals surface area contributed by atoms with Crippen molar-refractivity contribution in [2.45, 2.75) is 78.3 Å². The molecule has 1 unspecified atom stereocenters. The van der Waals surface area contributed by atoms with Gasteiger partial charge in [0, 0.05) is 35.6 Å². The number of hydrogen-bond donors (Lipinski definition) is 6. The first kappa shape index (κ1) is 40.9. The fraction of sp³-hybridized carbons (Fsp3) is 0.318. The van der Waals surface area contributed by atoms with Crippen molar-refractivity contribution in [1.29, 1.82) is 0 Å². The Morgan fingerprint density at radius 1 is 0.552 bits per heavy atom. The first-order valence-electron chi connectivity index (χ1n) is 19.3. The van der Waals surface area contributed by atoms with Gasteiger partial charge in [0.25, 0.3) is 0 Å². The molecule has 0 aromatic heterocycles. The number of carbonyl (C=O) groups is 6. The van der Waals surface area contributed by atoms with Gasteiger partial charge in [-0.3, -0.25) is 29.8 Å². The van der Waals surface area contributed by atoms with Crippen molar-refractivity contribution in [3.05, 3.63) is 106 Å². The van der Waals surface area contributed by atoms with Gasteiger partial charge in [-0.25, -0.2) is 9.59 Å². The first-order valence-corrected chi connectivity index (χ1v) is 19.3. The van der Waals surface area contributed by atoms with Gasteiger partial charge in [0.2, 0.25) is 23.6 Å². The van der Waals surface area contributed by atoms with E-state index in [0.717, 1.165) is 11.1 Å². The Morgan fingerprint density at radius 3 is 1.53 bits per heavy atom. The summed E-state index contributed by atoms with van der Waals surface area (Å²) in [5.41, 5.74) is 5.20. The molecule has 14 nitrogen and oxygen atoms in total. The van der Waals surface area contributed by atoms with Crippen molar-refractivity contribution in [1.82, 2.24) is 9.80 Å². The molecule has 4 aromatic carbocycles. The minimum absolute atomic E-state index is 0.111. The van der Waals surface area contributed by atoms with Crippen molar-refractivity contribution in [2.75, 3.05) is 34.4 Å². The third kappa shape index (κ3) is 8.80. The average Bonchev–Trinajstić information content (AvgIpc) is 3.90. The largest absolute Gasteiger partial charge is 0.465 e. The van der Waals surface area contributed by atoms with Crippen LogP contribution in [0.15, 0.2) is 72.8 Å². The van der Waals surface area contributed by atoms with Crippen LogP contribution in [-0.2, 0) is 32.0 Å². The second-order valence-electron chi connectivity index (χ2n) is 14.8. The Morgan fingerprint density at radius 2 is 1.03 bits per heavy atom. The molecule has 0 aliphatic carbocycles. The highest BCUT2D eigenvalue weighted by Crippen LogP contribution is 2.46. The molecule has 2 saturated heterocycles. The number of rotatable bonds is 11. The Hall–Kier alpha value is -6.70. The van der Waals surface area contributed by atoms with Gasteiger partial charge in [-0.1, -0.05) is 66.7 Å². The van der Waals surface area contributed by atoms with Crippen molar-refractivity contribution in [3.63, 3.8) is 0 Å². The van der Waals surface area contributed by atoms with Gasteiger partial charge in [-0.15, -0.1) is 0 Å². The second kappa shape index (κ2) is 17.6.